The lowest BCUT2D eigenvalue weighted by molar-refractivity contribution is 0.164. The fourth-order valence-electron chi connectivity index (χ4n) is 1.99. The zero-order valence-electron chi connectivity index (χ0n) is 11.1. The van der Waals surface area contributed by atoms with E-state index in [9.17, 15) is 0 Å². The first-order chi connectivity index (χ1) is 8.56. The molecule has 1 atom stereocenters. The Kier molecular flexibility index (Phi) is 5.82. The monoisotopic (exact) mass is 249 g/mol. The van der Waals surface area contributed by atoms with E-state index in [1.165, 1.54) is 0 Å². The van der Waals surface area contributed by atoms with Crippen LogP contribution in [0.4, 0.5) is 0 Å². The molecule has 0 radical (unpaired) electrons. The van der Waals surface area contributed by atoms with Crippen molar-refractivity contribution >= 4 is 5.84 Å². The molecule has 0 heterocycles. The van der Waals surface area contributed by atoms with Crippen molar-refractivity contribution in [2.45, 2.75) is 25.8 Å². The average Bonchev–Trinajstić information content (AvgIpc) is 2.34. The molecule has 100 valence electrons. The standard InChI is InChI=1S/C14H23N3O/c1-11(2)17(8-9-18)10-13(14(15)16)12-6-4-3-5-7-12/h3-7,11,13,18H,8-10H2,1-2H3,(H3,15,16). The number of hydrogen-bond acceptors (Lipinski definition) is 3. The molecule has 0 aromatic heterocycles. The Balaban J connectivity index is 2.83. The summed E-state index contributed by atoms with van der Waals surface area (Å²) in [6.07, 6.45) is 0. The second-order valence-corrected chi connectivity index (χ2v) is 4.73. The fourth-order valence-corrected chi connectivity index (χ4v) is 1.99. The van der Waals surface area contributed by atoms with Gasteiger partial charge < -0.3 is 10.8 Å². The molecule has 1 unspecified atom stereocenters. The Labute approximate surface area is 109 Å². The molecule has 18 heavy (non-hydrogen) atoms. The van der Waals surface area contributed by atoms with Gasteiger partial charge in [0, 0.05) is 19.1 Å². The summed E-state index contributed by atoms with van der Waals surface area (Å²) in [4.78, 5) is 2.14. The van der Waals surface area contributed by atoms with E-state index < -0.39 is 0 Å². The summed E-state index contributed by atoms with van der Waals surface area (Å²) in [6.45, 7) is 5.55. The molecule has 4 nitrogen and oxygen atoms in total. The Bertz CT molecular complexity index is 365. The molecular formula is C14H23N3O. The zero-order valence-corrected chi connectivity index (χ0v) is 11.1. The van der Waals surface area contributed by atoms with Crippen molar-refractivity contribution in [2.75, 3.05) is 19.7 Å². The Hall–Kier alpha value is -1.39. The van der Waals surface area contributed by atoms with E-state index >= 15 is 0 Å². The van der Waals surface area contributed by atoms with Crippen LogP contribution < -0.4 is 5.73 Å². The number of benzene rings is 1. The predicted molar refractivity (Wildman–Crippen MR) is 74.9 cm³/mol. The molecule has 4 N–H and O–H groups in total. The predicted octanol–water partition coefficient (Wildman–Crippen LogP) is 1.41. The van der Waals surface area contributed by atoms with Gasteiger partial charge in [-0.2, -0.15) is 0 Å². The first kappa shape index (κ1) is 14.7. The molecule has 0 bridgehead atoms. The minimum absolute atomic E-state index is 0.111. The minimum atomic E-state index is -0.111. The van der Waals surface area contributed by atoms with Crippen LogP contribution in [-0.2, 0) is 0 Å². The largest absolute Gasteiger partial charge is 0.395 e. The van der Waals surface area contributed by atoms with Crippen LogP contribution in [0.25, 0.3) is 0 Å². The van der Waals surface area contributed by atoms with Crippen molar-refractivity contribution in [3.63, 3.8) is 0 Å². The van der Waals surface area contributed by atoms with Crippen molar-refractivity contribution in [1.82, 2.24) is 4.90 Å². The fraction of sp³-hybridized carbons (Fsp3) is 0.500. The molecule has 1 aromatic rings. The number of nitrogens with one attached hydrogen (secondary N) is 1. The number of hydrogen-bond donors (Lipinski definition) is 3. The van der Waals surface area contributed by atoms with Crippen molar-refractivity contribution < 1.29 is 5.11 Å². The van der Waals surface area contributed by atoms with Crippen LogP contribution in [0.2, 0.25) is 0 Å². The van der Waals surface area contributed by atoms with Crippen molar-refractivity contribution in [2.24, 2.45) is 5.73 Å². The third-order valence-electron chi connectivity index (χ3n) is 3.11. The summed E-state index contributed by atoms with van der Waals surface area (Å²) in [6, 6.07) is 10.2. The molecule has 1 aromatic carbocycles. The van der Waals surface area contributed by atoms with Gasteiger partial charge in [-0.05, 0) is 19.4 Å². The molecule has 0 aliphatic rings. The second-order valence-electron chi connectivity index (χ2n) is 4.73. The number of aliphatic hydroxyl groups is 1. The van der Waals surface area contributed by atoms with Crippen LogP contribution in [-0.4, -0.2) is 41.6 Å². The Morgan fingerprint density at radius 3 is 2.39 bits per heavy atom. The summed E-state index contributed by atoms with van der Waals surface area (Å²) in [5.74, 6) is 0.0601. The molecule has 1 rings (SSSR count). The summed E-state index contributed by atoms with van der Waals surface area (Å²) in [7, 11) is 0. The van der Waals surface area contributed by atoms with E-state index in [1.54, 1.807) is 0 Å². The highest BCUT2D eigenvalue weighted by Crippen LogP contribution is 2.17. The third kappa shape index (κ3) is 4.13. The van der Waals surface area contributed by atoms with Gasteiger partial charge in [-0.1, -0.05) is 30.3 Å². The first-order valence-corrected chi connectivity index (χ1v) is 6.30. The van der Waals surface area contributed by atoms with Crippen molar-refractivity contribution in [3.8, 4) is 0 Å². The number of rotatable bonds is 7. The highest BCUT2D eigenvalue weighted by Gasteiger charge is 2.20. The summed E-state index contributed by atoms with van der Waals surface area (Å²) >= 11 is 0. The maximum atomic E-state index is 9.08. The average molecular weight is 249 g/mol. The van der Waals surface area contributed by atoms with Crippen molar-refractivity contribution in [3.05, 3.63) is 35.9 Å². The lowest BCUT2D eigenvalue weighted by Crippen LogP contribution is -2.40. The minimum Gasteiger partial charge on any atom is -0.395 e. The summed E-state index contributed by atoms with van der Waals surface area (Å²) < 4.78 is 0. The number of nitrogens with two attached hydrogens (primary N) is 1. The molecule has 0 spiro atoms. The third-order valence-corrected chi connectivity index (χ3v) is 3.11. The van der Waals surface area contributed by atoms with Gasteiger partial charge in [-0.15, -0.1) is 0 Å². The summed E-state index contributed by atoms with van der Waals surface area (Å²) in [5, 5.41) is 16.8. The summed E-state index contributed by atoms with van der Waals surface area (Å²) in [5.41, 5.74) is 6.76. The van der Waals surface area contributed by atoms with E-state index in [4.69, 9.17) is 16.2 Å². The van der Waals surface area contributed by atoms with Gasteiger partial charge in [-0.25, -0.2) is 0 Å². The van der Waals surface area contributed by atoms with Crippen LogP contribution in [0.15, 0.2) is 30.3 Å². The number of amidine groups is 1. The zero-order chi connectivity index (χ0) is 13.5. The van der Waals surface area contributed by atoms with Crippen LogP contribution in [0.3, 0.4) is 0 Å². The van der Waals surface area contributed by atoms with E-state index in [1.807, 2.05) is 30.3 Å². The SMILES string of the molecule is CC(C)N(CCO)CC(C(=N)N)c1ccccc1. The lowest BCUT2D eigenvalue weighted by atomic mass is 9.97. The molecule has 4 heteroatoms. The molecule has 0 saturated heterocycles. The molecule has 0 fully saturated rings. The highest BCUT2D eigenvalue weighted by atomic mass is 16.3. The highest BCUT2D eigenvalue weighted by molar-refractivity contribution is 5.84. The van der Waals surface area contributed by atoms with Crippen LogP contribution in [0, 0.1) is 5.41 Å². The van der Waals surface area contributed by atoms with Crippen molar-refractivity contribution in [1.29, 1.82) is 5.41 Å². The van der Waals surface area contributed by atoms with Crippen LogP contribution >= 0.6 is 0 Å². The number of nitrogens with zero attached hydrogens (tertiary/aromatic N) is 1. The van der Waals surface area contributed by atoms with Crippen LogP contribution in [0.5, 0.6) is 0 Å². The first-order valence-electron chi connectivity index (χ1n) is 6.30. The van der Waals surface area contributed by atoms with Crippen LogP contribution in [0.1, 0.15) is 25.3 Å². The quantitative estimate of drug-likeness (QED) is 0.505. The second kappa shape index (κ2) is 7.13. The number of aliphatic hydroxyl groups excluding tert-OH is 1. The van der Waals surface area contributed by atoms with Gasteiger partial charge in [0.1, 0.15) is 0 Å². The van der Waals surface area contributed by atoms with Gasteiger partial charge in [0.15, 0.2) is 0 Å². The van der Waals surface area contributed by atoms with Gasteiger partial charge >= 0.3 is 0 Å². The maximum absolute atomic E-state index is 9.08. The normalized spacial score (nSPS) is 12.9. The van der Waals surface area contributed by atoms with E-state index in [0.29, 0.717) is 19.1 Å². The Morgan fingerprint density at radius 1 is 1.33 bits per heavy atom. The van der Waals surface area contributed by atoms with Gasteiger partial charge in [0.2, 0.25) is 0 Å². The Morgan fingerprint density at radius 2 is 1.94 bits per heavy atom. The van der Waals surface area contributed by atoms with E-state index in [-0.39, 0.29) is 18.4 Å². The smallest absolute Gasteiger partial charge is 0.0995 e. The molecule has 0 saturated carbocycles. The van der Waals surface area contributed by atoms with Gasteiger partial charge in [-0.3, -0.25) is 10.3 Å². The van der Waals surface area contributed by atoms with Gasteiger partial charge in [0.05, 0.1) is 18.4 Å². The topological polar surface area (TPSA) is 73.3 Å². The lowest BCUT2D eigenvalue weighted by Gasteiger charge is -2.29. The van der Waals surface area contributed by atoms with Gasteiger partial charge in [0.25, 0.3) is 0 Å². The molecule has 0 aliphatic heterocycles. The van der Waals surface area contributed by atoms with E-state index in [0.717, 1.165) is 5.56 Å². The molecule has 0 aliphatic carbocycles. The molecular weight excluding hydrogens is 226 g/mol. The maximum Gasteiger partial charge on any atom is 0.0995 e. The molecule has 0 amide bonds. The van der Waals surface area contributed by atoms with E-state index in [2.05, 4.69) is 18.7 Å².